The highest BCUT2D eigenvalue weighted by Gasteiger charge is 2.46. The number of epoxide rings is 1. The van der Waals surface area contributed by atoms with Crippen LogP contribution in [0.1, 0.15) is 12.8 Å². The number of rotatable bonds is 0. The number of halogens is 2. The number of ether oxygens (including phenoxy) is 1. The van der Waals surface area contributed by atoms with Gasteiger partial charge in [-0.25, -0.2) is 0 Å². The Morgan fingerprint density at radius 2 is 1.44 bits per heavy atom. The first-order valence-corrected chi connectivity index (χ1v) is 5.04. The van der Waals surface area contributed by atoms with Crippen molar-refractivity contribution in [3.05, 3.63) is 0 Å². The Balaban J connectivity index is 1.98. The lowest BCUT2D eigenvalue weighted by atomic mass is 10.0. The molecule has 0 radical (unpaired) electrons. The van der Waals surface area contributed by atoms with E-state index in [-0.39, 0.29) is 0 Å². The maximum absolute atomic E-state index is 5.36. The second kappa shape index (κ2) is 2.21. The van der Waals surface area contributed by atoms with Crippen LogP contribution in [0.5, 0.6) is 0 Å². The summed E-state index contributed by atoms with van der Waals surface area (Å²) >= 11 is 7.19. The summed E-state index contributed by atoms with van der Waals surface area (Å²) in [7, 11) is 0. The highest BCUT2D eigenvalue weighted by molar-refractivity contribution is 9.12. The van der Waals surface area contributed by atoms with Crippen LogP contribution in [0.15, 0.2) is 0 Å². The normalized spacial score (nSPS) is 56.7. The zero-order chi connectivity index (χ0) is 6.43. The van der Waals surface area contributed by atoms with Gasteiger partial charge in [0.2, 0.25) is 0 Å². The lowest BCUT2D eigenvalue weighted by Gasteiger charge is -2.18. The molecule has 1 saturated carbocycles. The molecule has 0 aromatic rings. The molecule has 0 N–H and O–H groups in total. The van der Waals surface area contributed by atoms with E-state index < -0.39 is 0 Å². The summed E-state index contributed by atoms with van der Waals surface area (Å²) in [5.74, 6) is 0. The third-order valence-corrected chi connectivity index (χ3v) is 4.73. The molecule has 2 rings (SSSR count). The second-order valence-corrected chi connectivity index (χ2v) is 5.07. The first-order valence-electron chi connectivity index (χ1n) is 3.21. The van der Waals surface area contributed by atoms with Gasteiger partial charge < -0.3 is 4.74 Å². The largest absolute Gasteiger partial charge is 0.370 e. The SMILES string of the molecule is Br[C@@H]1C[C@H]2O[C@@H]2C[C@@H]1Br. The molecule has 0 bridgehead atoms. The van der Waals surface area contributed by atoms with E-state index >= 15 is 0 Å². The third kappa shape index (κ3) is 1.19. The van der Waals surface area contributed by atoms with Crippen LogP contribution >= 0.6 is 31.9 Å². The summed E-state index contributed by atoms with van der Waals surface area (Å²) in [5, 5.41) is 0. The van der Waals surface area contributed by atoms with Gasteiger partial charge >= 0.3 is 0 Å². The first-order chi connectivity index (χ1) is 4.27. The minimum absolute atomic E-state index is 0.586. The Morgan fingerprint density at radius 1 is 1.00 bits per heavy atom. The fourth-order valence-electron chi connectivity index (χ4n) is 1.33. The molecular weight excluding hydrogens is 248 g/mol. The average molecular weight is 256 g/mol. The van der Waals surface area contributed by atoms with Crippen molar-refractivity contribution in [2.24, 2.45) is 0 Å². The van der Waals surface area contributed by atoms with Crippen molar-refractivity contribution in [3.8, 4) is 0 Å². The first kappa shape index (κ1) is 6.62. The van der Waals surface area contributed by atoms with Gasteiger partial charge in [-0.3, -0.25) is 0 Å². The van der Waals surface area contributed by atoms with Gasteiger partial charge in [-0.05, 0) is 12.8 Å². The van der Waals surface area contributed by atoms with E-state index in [1.165, 1.54) is 12.8 Å². The van der Waals surface area contributed by atoms with Gasteiger partial charge in [0.05, 0.1) is 12.2 Å². The van der Waals surface area contributed by atoms with Crippen LogP contribution in [0.25, 0.3) is 0 Å². The highest BCUT2D eigenvalue weighted by atomic mass is 79.9. The number of hydrogen-bond donors (Lipinski definition) is 0. The average Bonchev–Trinajstić information content (AvgIpc) is 2.46. The molecule has 0 spiro atoms. The van der Waals surface area contributed by atoms with E-state index in [1.54, 1.807) is 0 Å². The number of fused-ring (bicyclic) bond motifs is 1. The molecule has 1 nitrogen and oxygen atoms in total. The number of hydrogen-bond acceptors (Lipinski definition) is 1. The summed E-state index contributed by atoms with van der Waals surface area (Å²) in [6.45, 7) is 0. The lowest BCUT2D eigenvalue weighted by Crippen LogP contribution is -2.24. The van der Waals surface area contributed by atoms with Crippen molar-refractivity contribution < 1.29 is 4.74 Å². The fraction of sp³-hybridized carbons (Fsp3) is 1.00. The molecule has 0 unspecified atom stereocenters. The molecule has 1 aliphatic carbocycles. The molecule has 0 aromatic heterocycles. The molecule has 0 aromatic carbocycles. The molecule has 9 heavy (non-hydrogen) atoms. The topological polar surface area (TPSA) is 12.5 Å². The van der Waals surface area contributed by atoms with E-state index in [9.17, 15) is 0 Å². The summed E-state index contributed by atoms with van der Waals surface area (Å²) in [6.07, 6.45) is 3.53. The molecule has 1 heterocycles. The van der Waals surface area contributed by atoms with Crippen molar-refractivity contribution in [1.29, 1.82) is 0 Å². The summed E-state index contributed by atoms with van der Waals surface area (Å²) in [5.41, 5.74) is 0. The predicted octanol–water partition coefficient (Wildman–Crippen LogP) is 2.07. The molecule has 2 aliphatic rings. The van der Waals surface area contributed by atoms with Crippen LogP contribution in [0, 0.1) is 0 Å². The maximum atomic E-state index is 5.36. The van der Waals surface area contributed by atoms with Crippen molar-refractivity contribution in [2.75, 3.05) is 0 Å². The van der Waals surface area contributed by atoms with Crippen molar-refractivity contribution in [2.45, 2.75) is 34.7 Å². The van der Waals surface area contributed by atoms with Crippen molar-refractivity contribution in [1.82, 2.24) is 0 Å². The Labute approximate surface area is 71.4 Å². The molecule has 4 atom stereocenters. The minimum atomic E-state index is 0.586. The third-order valence-electron chi connectivity index (χ3n) is 2.00. The number of alkyl halides is 2. The van der Waals surface area contributed by atoms with E-state index in [0.717, 1.165) is 0 Å². The molecular formula is C6H8Br2O. The molecule has 1 aliphatic heterocycles. The lowest BCUT2D eigenvalue weighted by molar-refractivity contribution is 0.373. The van der Waals surface area contributed by atoms with E-state index in [1.807, 2.05) is 0 Å². The van der Waals surface area contributed by atoms with Crippen LogP contribution in [0.3, 0.4) is 0 Å². The molecule has 1 saturated heterocycles. The Bertz CT molecular complexity index is 114. The Hall–Kier alpha value is 0.920. The van der Waals surface area contributed by atoms with Gasteiger partial charge in [-0.1, -0.05) is 31.9 Å². The van der Waals surface area contributed by atoms with Gasteiger partial charge in [0, 0.05) is 9.65 Å². The molecule has 0 amide bonds. The molecule has 2 fully saturated rings. The highest BCUT2D eigenvalue weighted by Crippen LogP contribution is 2.41. The Morgan fingerprint density at radius 3 is 1.89 bits per heavy atom. The van der Waals surface area contributed by atoms with Crippen molar-refractivity contribution in [3.63, 3.8) is 0 Å². The zero-order valence-electron chi connectivity index (χ0n) is 4.89. The summed E-state index contributed by atoms with van der Waals surface area (Å²) in [6, 6.07) is 0. The van der Waals surface area contributed by atoms with Crippen molar-refractivity contribution >= 4 is 31.9 Å². The summed E-state index contributed by atoms with van der Waals surface area (Å²) in [4.78, 5) is 1.25. The zero-order valence-corrected chi connectivity index (χ0v) is 8.06. The van der Waals surface area contributed by atoms with E-state index in [4.69, 9.17) is 4.74 Å². The van der Waals surface area contributed by atoms with Gasteiger partial charge in [0.25, 0.3) is 0 Å². The van der Waals surface area contributed by atoms with E-state index in [0.29, 0.717) is 21.9 Å². The van der Waals surface area contributed by atoms with Crippen LogP contribution in [0.4, 0.5) is 0 Å². The Kier molecular flexibility index (Phi) is 1.62. The maximum Gasteiger partial charge on any atom is 0.0853 e. The summed E-state index contributed by atoms with van der Waals surface area (Å²) < 4.78 is 5.36. The van der Waals surface area contributed by atoms with Gasteiger partial charge in [-0.2, -0.15) is 0 Å². The smallest absolute Gasteiger partial charge is 0.0853 e. The predicted molar refractivity (Wildman–Crippen MR) is 43.3 cm³/mol. The molecule has 52 valence electrons. The monoisotopic (exact) mass is 254 g/mol. The van der Waals surface area contributed by atoms with Gasteiger partial charge in [-0.15, -0.1) is 0 Å². The second-order valence-electron chi connectivity index (χ2n) is 2.72. The van der Waals surface area contributed by atoms with Crippen LogP contribution < -0.4 is 0 Å². The minimum Gasteiger partial charge on any atom is -0.370 e. The standard InChI is InChI=1S/C6H8Br2O/c7-3-1-5-6(9-5)2-4(3)8/h3-6H,1-2H2/t3-,4+,5-,6-/m1/s1. The van der Waals surface area contributed by atoms with Crippen LogP contribution in [0.2, 0.25) is 0 Å². The molecule has 3 heteroatoms. The van der Waals surface area contributed by atoms with Crippen LogP contribution in [-0.4, -0.2) is 21.9 Å². The van der Waals surface area contributed by atoms with Gasteiger partial charge in [0.15, 0.2) is 0 Å². The van der Waals surface area contributed by atoms with Crippen LogP contribution in [-0.2, 0) is 4.74 Å². The van der Waals surface area contributed by atoms with E-state index in [2.05, 4.69) is 31.9 Å². The quantitative estimate of drug-likeness (QED) is 0.477. The van der Waals surface area contributed by atoms with Gasteiger partial charge in [0.1, 0.15) is 0 Å². The fourth-order valence-corrected chi connectivity index (χ4v) is 2.50.